The van der Waals surface area contributed by atoms with Gasteiger partial charge in [0, 0.05) is 0 Å². The van der Waals surface area contributed by atoms with Gasteiger partial charge in [0.2, 0.25) is 5.91 Å². The maximum absolute atomic E-state index is 12.7. The molecule has 0 heterocycles. The number of rotatable bonds is 4. The minimum Gasteiger partial charge on any atom is -0.338 e. The van der Waals surface area contributed by atoms with E-state index in [9.17, 15) is 9.18 Å². The van der Waals surface area contributed by atoms with E-state index in [0.717, 1.165) is 5.56 Å². The number of benzene rings is 1. The van der Waals surface area contributed by atoms with Crippen LogP contribution in [0.3, 0.4) is 0 Å². The fourth-order valence-corrected chi connectivity index (χ4v) is 1.33. The summed E-state index contributed by atoms with van der Waals surface area (Å²) in [5, 5.41) is 11.6. The number of halogens is 1. The SMILES string of the molecule is CCC(C)(C#N)NC(=O)Cc1ccc(F)cc1. The van der Waals surface area contributed by atoms with Gasteiger partial charge in [0.1, 0.15) is 11.4 Å². The van der Waals surface area contributed by atoms with Crippen molar-refractivity contribution in [2.24, 2.45) is 0 Å². The number of nitriles is 1. The molecule has 17 heavy (non-hydrogen) atoms. The van der Waals surface area contributed by atoms with Crippen molar-refractivity contribution < 1.29 is 9.18 Å². The van der Waals surface area contributed by atoms with E-state index < -0.39 is 5.54 Å². The monoisotopic (exact) mass is 234 g/mol. The summed E-state index contributed by atoms with van der Waals surface area (Å²) >= 11 is 0. The third-order valence-electron chi connectivity index (χ3n) is 2.65. The minimum atomic E-state index is -0.836. The highest BCUT2D eigenvalue weighted by molar-refractivity contribution is 5.79. The quantitative estimate of drug-likeness (QED) is 0.868. The molecule has 1 rings (SSSR count). The lowest BCUT2D eigenvalue weighted by atomic mass is 10.0. The maximum Gasteiger partial charge on any atom is 0.225 e. The Kier molecular flexibility index (Phi) is 4.22. The topological polar surface area (TPSA) is 52.9 Å². The molecule has 1 atom stereocenters. The van der Waals surface area contributed by atoms with Crippen LogP contribution in [0.4, 0.5) is 4.39 Å². The first-order valence-electron chi connectivity index (χ1n) is 5.46. The van der Waals surface area contributed by atoms with Crippen molar-refractivity contribution in [3.63, 3.8) is 0 Å². The van der Waals surface area contributed by atoms with E-state index in [1.165, 1.54) is 12.1 Å². The molecule has 3 nitrogen and oxygen atoms in total. The van der Waals surface area contributed by atoms with Crippen molar-refractivity contribution in [2.45, 2.75) is 32.2 Å². The van der Waals surface area contributed by atoms with Gasteiger partial charge in [0.15, 0.2) is 0 Å². The first kappa shape index (κ1) is 13.2. The molecule has 0 spiro atoms. The Hall–Kier alpha value is -1.89. The van der Waals surface area contributed by atoms with E-state index in [1.54, 1.807) is 19.1 Å². The molecule has 0 saturated carbocycles. The molecular weight excluding hydrogens is 219 g/mol. The number of amides is 1. The lowest BCUT2D eigenvalue weighted by Gasteiger charge is -2.21. The minimum absolute atomic E-state index is 0.150. The van der Waals surface area contributed by atoms with Gasteiger partial charge < -0.3 is 5.32 Å². The van der Waals surface area contributed by atoms with E-state index in [0.29, 0.717) is 6.42 Å². The molecule has 0 bridgehead atoms. The summed E-state index contributed by atoms with van der Waals surface area (Å²) in [7, 11) is 0. The number of nitrogens with one attached hydrogen (secondary N) is 1. The lowest BCUT2D eigenvalue weighted by molar-refractivity contribution is -0.121. The molecule has 0 saturated heterocycles. The van der Waals surface area contributed by atoms with Crippen molar-refractivity contribution in [3.8, 4) is 6.07 Å². The predicted octanol–water partition coefficient (Wildman–Crippen LogP) is 2.18. The van der Waals surface area contributed by atoms with Crippen molar-refractivity contribution in [3.05, 3.63) is 35.6 Å². The third-order valence-corrected chi connectivity index (χ3v) is 2.65. The van der Waals surface area contributed by atoms with Gasteiger partial charge in [-0.2, -0.15) is 5.26 Å². The standard InChI is InChI=1S/C13H15FN2O/c1-3-13(2,9-15)16-12(17)8-10-4-6-11(14)7-5-10/h4-7H,3,8H2,1-2H3,(H,16,17). The van der Waals surface area contributed by atoms with Gasteiger partial charge >= 0.3 is 0 Å². The molecule has 1 N–H and O–H groups in total. The molecule has 4 heteroatoms. The van der Waals surface area contributed by atoms with E-state index >= 15 is 0 Å². The van der Waals surface area contributed by atoms with Crippen molar-refractivity contribution in [1.82, 2.24) is 5.32 Å². The van der Waals surface area contributed by atoms with Gasteiger partial charge in [-0.15, -0.1) is 0 Å². The molecule has 0 aromatic heterocycles. The summed E-state index contributed by atoms with van der Waals surface area (Å²) < 4.78 is 12.7. The van der Waals surface area contributed by atoms with Crippen LogP contribution in [0.2, 0.25) is 0 Å². The normalized spacial score (nSPS) is 13.5. The summed E-state index contributed by atoms with van der Waals surface area (Å²) in [4.78, 5) is 11.7. The second-order valence-electron chi connectivity index (χ2n) is 4.15. The zero-order valence-corrected chi connectivity index (χ0v) is 9.96. The summed E-state index contributed by atoms with van der Waals surface area (Å²) in [6, 6.07) is 7.81. The highest BCUT2D eigenvalue weighted by Crippen LogP contribution is 2.09. The molecule has 1 aromatic carbocycles. The molecule has 1 aromatic rings. The Balaban J connectivity index is 2.62. The molecule has 1 amide bonds. The van der Waals surface area contributed by atoms with Gasteiger partial charge in [-0.3, -0.25) is 4.79 Å². The largest absolute Gasteiger partial charge is 0.338 e. The molecule has 0 aliphatic carbocycles. The lowest BCUT2D eigenvalue weighted by Crippen LogP contribution is -2.44. The smallest absolute Gasteiger partial charge is 0.225 e. The average Bonchev–Trinajstić information content (AvgIpc) is 2.32. The molecule has 0 radical (unpaired) electrons. The van der Waals surface area contributed by atoms with E-state index in [1.807, 2.05) is 6.92 Å². The Morgan fingerprint density at radius 2 is 2.06 bits per heavy atom. The van der Waals surface area contributed by atoms with E-state index in [-0.39, 0.29) is 18.1 Å². The van der Waals surface area contributed by atoms with Crippen molar-refractivity contribution in [1.29, 1.82) is 5.26 Å². The first-order chi connectivity index (χ1) is 7.99. The van der Waals surface area contributed by atoms with Crippen LogP contribution in [0.25, 0.3) is 0 Å². The van der Waals surface area contributed by atoms with Gasteiger partial charge in [0.25, 0.3) is 0 Å². The van der Waals surface area contributed by atoms with Crippen LogP contribution in [0.15, 0.2) is 24.3 Å². The highest BCUT2D eigenvalue weighted by Gasteiger charge is 2.23. The third kappa shape index (κ3) is 3.87. The predicted molar refractivity (Wildman–Crippen MR) is 62.6 cm³/mol. The van der Waals surface area contributed by atoms with E-state index in [2.05, 4.69) is 11.4 Å². The highest BCUT2D eigenvalue weighted by atomic mass is 19.1. The summed E-state index contributed by atoms with van der Waals surface area (Å²) in [6.45, 7) is 3.51. The van der Waals surface area contributed by atoms with Gasteiger partial charge in [-0.1, -0.05) is 19.1 Å². The second kappa shape index (κ2) is 5.44. The maximum atomic E-state index is 12.7. The van der Waals surface area contributed by atoms with Crippen LogP contribution in [0.5, 0.6) is 0 Å². The van der Waals surface area contributed by atoms with Crippen LogP contribution in [0.1, 0.15) is 25.8 Å². The Morgan fingerprint density at radius 3 is 2.53 bits per heavy atom. The van der Waals surface area contributed by atoms with E-state index in [4.69, 9.17) is 5.26 Å². The molecular formula is C13H15FN2O. The average molecular weight is 234 g/mol. The summed E-state index contributed by atoms with van der Waals surface area (Å²) in [6.07, 6.45) is 0.691. The first-order valence-corrected chi connectivity index (χ1v) is 5.46. The van der Waals surface area contributed by atoms with Gasteiger partial charge in [0.05, 0.1) is 12.5 Å². The van der Waals surface area contributed by atoms with Crippen molar-refractivity contribution >= 4 is 5.91 Å². The van der Waals surface area contributed by atoms with Crippen LogP contribution in [-0.4, -0.2) is 11.4 Å². The fraction of sp³-hybridized carbons (Fsp3) is 0.385. The fourth-order valence-electron chi connectivity index (χ4n) is 1.33. The zero-order valence-electron chi connectivity index (χ0n) is 9.96. The van der Waals surface area contributed by atoms with Gasteiger partial charge in [-0.05, 0) is 31.0 Å². The second-order valence-corrected chi connectivity index (χ2v) is 4.15. The number of hydrogen-bond donors (Lipinski definition) is 1. The van der Waals surface area contributed by atoms with Crippen LogP contribution in [0, 0.1) is 17.1 Å². The molecule has 0 aliphatic heterocycles. The number of hydrogen-bond acceptors (Lipinski definition) is 2. The molecule has 90 valence electrons. The number of nitrogens with zero attached hydrogens (tertiary/aromatic N) is 1. The van der Waals surface area contributed by atoms with Crippen LogP contribution in [-0.2, 0) is 11.2 Å². The van der Waals surface area contributed by atoms with Crippen LogP contribution >= 0.6 is 0 Å². The Labute approximate surface area is 100 Å². The Morgan fingerprint density at radius 1 is 1.47 bits per heavy atom. The van der Waals surface area contributed by atoms with Crippen LogP contribution < -0.4 is 5.32 Å². The molecule has 1 unspecified atom stereocenters. The Bertz CT molecular complexity index is 436. The zero-order chi connectivity index (χ0) is 12.9. The summed E-state index contributed by atoms with van der Waals surface area (Å²) in [5.74, 6) is -0.563. The molecule has 0 fully saturated rings. The van der Waals surface area contributed by atoms with Crippen molar-refractivity contribution in [2.75, 3.05) is 0 Å². The number of carbonyl (C=O) groups excluding carboxylic acids is 1. The number of carbonyl (C=O) groups is 1. The molecule has 0 aliphatic rings. The summed E-state index contributed by atoms with van der Waals surface area (Å²) in [5.41, 5.74) is -0.114. The van der Waals surface area contributed by atoms with Gasteiger partial charge in [-0.25, -0.2) is 4.39 Å².